The van der Waals surface area contributed by atoms with E-state index in [2.05, 4.69) is 4.72 Å². The number of rotatable bonds is 6. The molecule has 0 bridgehead atoms. The Hall–Kier alpha value is -1.50. The highest BCUT2D eigenvalue weighted by atomic mass is 35.5. The van der Waals surface area contributed by atoms with Crippen molar-refractivity contribution in [3.05, 3.63) is 59.1 Å². The number of carbonyl (C=O) groups is 1. The Labute approximate surface area is 145 Å². The van der Waals surface area contributed by atoms with Gasteiger partial charge in [0.1, 0.15) is 0 Å². The lowest BCUT2D eigenvalue weighted by Crippen LogP contribution is -2.14. The standard InChI is InChI=1S/C16H16ClNO3S2/c1-11(22-15-6-4-3-5-14(15)17)16(19)12-7-9-13(10-8-12)18-23(2,20)21/h3-11,18H,1-2H3/t11-/m0/s1. The number of anilines is 1. The van der Waals surface area contributed by atoms with Crippen LogP contribution in [0.4, 0.5) is 5.69 Å². The van der Waals surface area contributed by atoms with Gasteiger partial charge in [-0.1, -0.05) is 23.7 Å². The second-order valence-corrected chi connectivity index (χ2v) is 8.54. The quantitative estimate of drug-likeness (QED) is 0.615. The summed E-state index contributed by atoms with van der Waals surface area (Å²) in [5.41, 5.74) is 0.951. The van der Waals surface area contributed by atoms with Crippen LogP contribution in [-0.2, 0) is 10.0 Å². The van der Waals surface area contributed by atoms with Gasteiger partial charge in [-0.05, 0) is 43.3 Å². The molecular formula is C16H16ClNO3S2. The van der Waals surface area contributed by atoms with Gasteiger partial charge in [-0.2, -0.15) is 0 Å². The fraction of sp³-hybridized carbons (Fsp3) is 0.188. The van der Waals surface area contributed by atoms with E-state index in [0.717, 1.165) is 11.2 Å². The van der Waals surface area contributed by atoms with Crippen molar-refractivity contribution in [3.63, 3.8) is 0 Å². The lowest BCUT2D eigenvalue weighted by Gasteiger charge is -2.12. The number of nitrogens with one attached hydrogen (secondary N) is 1. The minimum Gasteiger partial charge on any atom is -0.293 e. The lowest BCUT2D eigenvalue weighted by atomic mass is 10.1. The molecule has 7 heteroatoms. The summed E-state index contributed by atoms with van der Waals surface area (Å²) in [7, 11) is -3.33. The fourth-order valence-electron chi connectivity index (χ4n) is 1.94. The van der Waals surface area contributed by atoms with Crippen molar-refractivity contribution in [1.82, 2.24) is 0 Å². The maximum Gasteiger partial charge on any atom is 0.229 e. The van der Waals surface area contributed by atoms with Crippen LogP contribution in [0, 0.1) is 0 Å². The van der Waals surface area contributed by atoms with Crippen molar-refractivity contribution in [2.75, 3.05) is 11.0 Å². The van der Waals surface area contributed by atoms with Crippen LogP contribution < -0.4 is 4.72 Å². The first-order valence-electron chi connectivity index (χ1n) is 6.79. The molecule has 2 aromatic carbocycles. The first-order valence-corrected chi connectivity index (χ1v) is 9.94. The maximum atomic E-state index is 12.5. The van der Waals surface area contributed by atoms with E-state index in [1.165, 1.54) is 11.8 Å². The molecule has 1 N–H and O–H groups in total. The molecule has 0 spiro atoms. The van der Waals surface area contributed by atoms with Crippen LogP contribution in [0.3, 0.4) is 0 Å². The van der Waals surface area contributed by atoms with Crippen LogP contribution >= 0.6 is 23.4 Å². The predicted molar refractivity (Wildman–Crippen MR) is 96.0 cm³/mol. The number of halogens is 1. The molecule has 0 amide bonds. The second kappa shape index (κ2) is 7.38. The summed E-state index contributed by atoms with van der Waals surface area (Å²) < 4.78 is 24.7. The van der Waals surface area contributed by atoms with E-state index in [1.54, 1.807) is 30.3 Å². The SMILES string of the molecule is C[C@H](Sc1ccccc1Cl)C(=O)c1ccc(NS(C)(=O)=O)cc1. The molecule has 0 heterocycles. The first-order chi connectivity index (χ1) is 10.8. The van der Waals surface area contributed by atoms with Crippen molar-refractivity contribution >= 4 is 44.9 Å². The summed E-state index contributed by atoms with van der Waals surface area (Å²) >= 11 is 7.50. The average Bonchev–Trinajstić information content (AvgIpc) is 2.48. The number of hydrogen-bond donors (Lipinski definition) is 1. The largest absolute Gasteiger partial charge is 0.293 e. The highest BCUT2D eigenvalue weighted by Gasteiger charge is 2.17. The smallest absolute Gasteiger partial charge is 0.229 e. The molecule has 2 rings (SSSR count). The summed E-state index contributed by atoms with van der Waals surface area (Å²) in [6.07, 6.45) is 1.08. The van der Waals surface area contributed by atoms with Gasteiger partial charge in [0.05, 0.1) is 16.5 Å². The number of thioether (sulfide) groups is 1. The molecule has 0 saturated heterocycles. The van der Waals surface area contributed by atoms with Gasteiger partial charge in [-0.3, -0.25) is 9.52 Å². The van der Waals surface area contributed by atoms with E-state index in [-0.39, 0.29) is 11.0 Å². The zero-order valence-electron chi connectivity index (χ0n) is 12.6. The summed E-state index contributed by atoms with van der Waals surface area (Å²) in [6.45, 7) is 1.82. The molecule has 0 radical (unpaired) electrons. The van der Waals surface area contributed by atoms with Gasteiger partial charge in [0.2, 0.25) is 10.0 Å². The number of benzene rings is 2. The van der Waals surface area contributed by atoms with Crippen LogP contribution in [0.1, 0.15) is 17.3 Å². The molecule has 0 aromatic heterocycles. The zero-order chi connectivity index (χ0) is 17.0. The van der Waals surface area contributed by atoms with Crippen molar-refractivity contribution in [3.8, 4) is 0 Å². The van der Waals surface area contributed by atoms with Gasteiger partial charge in [-0.25, -0.2) is 8.42 Å². The molecule has 0 aliphatic rings. The molecule has 0 saturated carbocycles. The minimum atomic E-state index is -3.33. The van der Waals surface area contributed by atoms with Crippen molar-refractivity contribution < 1.29 is 13.2 Å². The van der Waals surface area contributed by atoms with E-state index in [9.17, 15) is 13.2 Å². The summed E-state index contributed by atoms with van der Waals surface area (Å²) in [4.78, 5) is 13.3. The number of hydrogen-bond acceptors (Lipinski definition) is 4. The minimum absolute atomic E-state index is 0.0409. The number of carbonyl (C=O) groups excluding carboxylic acids is 1. The maximum absolute atomic E-state index is 12.5. The van der Waals surface area contributed by atoms with Crippen LogP contribution in [0.25, 0.3) is 0 Å². The van der Waals surface area contributed by atoms with E-state index >= 15 is 0 Å². The van der Waals surface area contributed by atoms with E-state index in [1.807, 2.05) is 25.1 Å². The fourth-order valence-corrected chi connectivity index (χ4v) is 3.73. The van der Waals surface area contributed by atoms with Crippen molar-refractivity contribution in [1.29, 1.82) is 0 Å². The topological polar surface area (TPSA) is 63.2 Å². The normalized spacial score (nSPS) is 12.7. The summed E-state index contributed by atoms with van der Waals surface area (Å²) in [5, 5.41) is 0.313. The van der Waals surface area contributed by atoms with Crippen molar-refractivity contribution in [2.24, 2.45) is 0 Å². The van der Waals surface area contributed by atoms with Gasteiger partial charge >= 0.3 is 0 Å². The Balaban J connectivity index is 2.09. The third kappa shape index (κ3) is 5.27. The molecule has 122 valence electrons. The number of ketones is 1. The van der Waals surface area contributed by atoms with Gasteiger partial charge < -0.3 is 0 Å². The molecule has 1 atom stereocenters. The van der Waals surface area contributed by atoms with Gasteiger partial charge in [0.15, 0.2) is 5.78 Å². The molecular weight excluding hydrogens is 354 g/mol. The Morgan fingerprint density at radius 1 is 1.13 bits per heavy atom. The van der Waals surface area contributed by atoms with E-state index in [4.69, 9.17) is 11.6 Å². The molecule has 23 heavy (non-hydrogen) atoms. The highest BCUT2D eigenvalue weighted by molar-refractivity contribution is 8.00. The third-order valence-corrected chi connectivity index (χ3v) is 5.21. The Morgan fingerprint density at radius 3 is 2.30 bits per heavy atom. The van der Waals surface area contributed by atoms with Crippen LogP contribution in [0.2, 0.25) is 5.02 Å². The van der Waals surface area contributed by atoms with Crippen molar-refractivity contribution in [2.45, 2.75) is 17.1 Å². The Kier molecular flexibility index (Phi) is 5.73. The number of sulfonamides is 1. The average molecular weight is 370 g/mol. The van der Waals surface area contributed by atoms with Gasteiger partial charge in [0, 0.05) is 16.1 Å². The molecule has 4 nitrogen and oxygen atoms in total. The molecule has 0 aliphatic heterocycles. The van der Waals surface area contributed by atoms with Gasteiger partial charge in [-0.15, -0.1) is 11.8 Å². The first kappa shape index (κ1) is 17.8. The van der Waals surface area contributed by atoms with Crippen LogP contribution in [-0.4, -0.2) is 25.7 Å². The molecule has 0 fully saturated rings. The van der Waals surface area contributed by atoms with E-state index in [0.29, 0.717) is 16.3 Å². The Bertz CT molecular complexity index is 804. The molecule has 0 aliphatic carbocycles. The molecule has 2 aromatic rings. The summed E-state index contributed by atoms with van der Waals surface area (Å²) in [5.74, 6) is -0.0409. The van der Waals surface area contributed by atoms with Gasteiger partial charge in [0.25, 0.3) is 0 Å². The number of Topliss-reactive ketones (excluding diaryl/α,β-unsaturated/α-hetero) is 1. The second-order valence-electron chi connectivity index (χ2n) is 5.01. The summed E-state index contributed by atoms with van der Waals surface area (Å²) in [6, 6.07) is 13.7. The highest BCUT2D eigenvalue weighted by Crippen LogP contribution is 2.31. The molecule has 0 unspecified atom stereocenters. The van der Waals surface area contributed by atoms with Crippen LogP contribution in [0.5, 0.6) is 0 Å². The van der Waals surface area contributed by atoms with E-state index < -0.39 is 10.0 Å². The predicted octanol–water partition coefficient (Wildman–Crippen LogP) is 4.08. The lowest BCUT2D eigenvalue weighted by molar-refractivity contribution is 0.0994. The zero-order valence-corrected chi connectivity index (χ0v) is 15.0. The monoisotopic (exact) mass is 369 g/mol. The van der Waals surface area contributed by atoms with Crippen LogP contribution in [0.15, 0.2) is 53.4 Å². The Morgan fingerprint density at radius 2 is 1.74 bits per heavy atom. The third-order valence-electron chi connectivity index (χ3n) is 2.98.